The lowest BCUT2D eigenvalue weighted by Gasteiger charge is -2.10. The molecule has 92 valence electrons. The van der Waals surface area contributed by atoms with Crippen LogP contribution in [0.4, 0.5) is 5.69 Å². The van der Waals surface area contributed by atoms with Gasteiger partial charge in [-0.2, -0.15) is 0 Å². The van der Waals surface area contributed by atoms with Gasteiger partial charge in [0.1, 0.15) is 0 Å². The van der Waals surface area contributed by atoms with Crippen molar-refractivity contribution in [3.63, 3.8) is 0 Å². The van der Waals surface area contributed by atoms with E-state index in [0.29, 0.717) is 30.4 Å². The molecule has 0 spiro atoms. The summed E-state index contributed by atoms with van der Waals surface area (Å²) in [6.45, 7) is 1.82. The van der Waals surface area contributed by atoms with Gasteiger partial charge >= 0.3 is 5.97 Å². The van der Waals surface area contributed by atoms with Gasteiger partial charge in [0.15, 0.2) is 0 Å². The first kappa shape index (κ1) is 12.4. The van der Waals surface area contributed by atoms with Crippen LogP contribution in [0.3, 0.4) is 0 Å². The van der Waals surface area contributed by atoms with Crippen LogP contribution in [-0.2, 0) is 9.47 Å². The monoisotopic (exact) mass is 299 g/mol. The third kappa shape index (κ3) is 3.20. The lowest BCUT2D eigenvalue weighted by atomic mass is 10.1. The van der Waals surface area contributed by atoms with Gasteiger partial charge in [-0.3, -0.25) is 0 Å². The summed E-state index contributed by atoms with van der Waals surface area (Å²) in [5, 5.41) is 0. The second-order valence-corrected chi connectivity index (χ2v) is 4.98. The van der Waals surface area contributed by atoms with Crippen molar-refractivity contribution in [2.24, 2.45) is 5.92 Å². The van der Waals surface area contributed by atoms with Crippen molar-refractivity contribution in [1.29, 1.82) is 0 Å². The average molecular weight is 300 g/mol. The van der Waals surface area contributed by atoms with Gasteiger partial charge in [-0.1, -0.05) is 15.9 Å². The maximum atomic E-state index is 11.8. The Balaban J connectivity index is 1.94. The van der Waals surface area contributed by atoms with Crippen LogP contribution in [0, 0.1) is 5.92 Å². The first-order chi connectivity index (χ1) is 8.16. The fourth-order valence-electron chi connectivity index (χ4n) is 1.71. The highest BCUT2D eigenvalue weighted by Gasteiger charge is 2.19. The molecule has 1 unspecified atom stereocenters. The molecular weight excluding hydrogens is 286 g/mol. The van der Waals surface area contributed by atoms with Crippen LogP contribution in [0.25, 0.3) is 0 Å². The minimum atomic E-state index is -0.373. The Morgan fingerprint density at radius 1 is 1.59 bits per heavy atom. The molecule has 17 heavy (non-hydrogen) atoms. The number of ether oxygens (including phenoxy) is 2. The molecule has 2 N–H and O–H groups in total. The zero-order valence-corrected chi connectivity index (χ0v) is 10.9. The maximum absolute atomic E-state index is 11.8. The van der Waals surface area contributed by atoms with Crippen LogP contribution in [0.1, 0.15) is 16.8 Å². The first-order valence-electron chi connectivity index (χ1n) is 5.46. The molecule has 2 rings (SSSR count). The Kier molecular flexibility index (Phi) is 4.02. The van der Waals surface area contributed by atoms with Crippen molar-refractivity contribution in [3.8, 4) is 0 Å². The third-order valence-corrected chi connectivity index (χ3v) is 3.20. The van der Waals surface area contributed by atoms with Crippen molar-refractivity contribution in [3.05, 3.63) is 28.2 Å². The molecule has 1 aromatic carbocycles. The Morgan fingerprint density at radius 3 is 3.06 bits per heavy atom. The lowest BCUT2D eigenvalue weighted by molar-refractivity contribution is 0.0429. The molecule has 1 fully saturated rings. The highest BCUT2D eigenvalue weighted by Crippen LogP contribution is 2.20. The van der Waals surface area contributed by atoms with E-state index in [1.807, 2.05) is 0 Å². The summed E-state index contributed by atoms with van der Waals surface area (Å²) >= 11 is 3.29. The molecule has 0 saturated carbocycles. The van der Waals surface area contributed by atoms with E-state index in [1.165, 1.54) is 0 Å². The van der Waals surface area contributed by atoms with Crippen molar-refractivity contribution >= 4 is 27.6 Å². The molecule has 0 aliphatic carbocycles. The average Bonchev–Trinajstić information content (AvgIpc) is 2.78. The van der Waals surface area contributed by atoms with E-state index in [4.69, 9.17) is 15.2 Å². The number of hydrogen-bond donors (Lipinski definition) is 1. The standard InChI is InChI=1S/C12H14BrNO3/c13-9-1-2-10(11(14)5-9)12(15)17-7-8-3-4-16-6-8/h1-2,5,8H,3-4,6-7,14H2. The highest BCUT2D eigenvalue weighted by atomic mass is 79.9. The largest absolute Gasteiger partial charge is 0.462 e. The quantitative estimate of drug-likeness (QED) is 0.687. The van der Waals surface area contributed by atoms with E-state index in [9.17, 15) is 4.79 Å². The van der Waals surface area contributed by atoms with Gasteiger partial charge in [0.25, 0.3) is 0 Å². The van der Waals surface area contributed by atoms with Gasteiger partial charge in [-0.25, -0.2) is 4.79 Å². The molecule has 1 atom stereocenters. The minimum Gasteiger partial charge on any atom is -0.462 e. The number of nitrogen functional groups attached to an aromatic ring is 1. The normalized spacial score (nSPS) is 19.2. The maximum Gasteiger partial charge on any atom is 0.340 e. The second kappa shape index (κ2) is 5.51. The molecule has 1 saturated heterocycles. The van der Waals surface area contributed by atoms with E-state index in [1.54, 1.807) is 18.2 Å². The second-order valence-electron chi connectivity index (χ2n) is 4.06. The number of halogens is 1. The number of anilines is 1. The molecule has 1 aliphatic heterocycles. The number of nitrogens with two attached hydrogens (primary N) is 1. The molecule has 0 bridgehead atoms. The number of carbonyl (C=O) groups is 1. The van der Waals surface area contributed by atoms with Crippen LogP contribution < -0.4 is 5.73 Å². The zero-order chi connectivity index (χ0) is 12.3. The Hall–Kier alpha value is -1.07. The topological polar surface area (TPSA) is 61.6 Å². The predicted molar refractivity (Wildman–Crippen MR) is 67.8 cm³/mol. The number of esters is 1. The van der Waals surface area contributed by atoms with Gasteiger partial charge < -0.3 is 15.2 Å². The van der Waals surface area contributed by atoms with Crippen LogP contribution in [-0.4, -0.2) is 25.8 Å². The molecule has 4 nitrogen and oxygen atoms in total. The number of hydrogen-bond acceptors (Lipinski definition) is 4. The van der Waals surface area contributed by atoms with E-state index in [-0.39, 0.29) is 5.97 Å². The summed E-state index contributed by atoms with van der Waals surface area (Å²) in [5.74, 6) is -0.0578. The van der Waals surface area contributed by atoms with Crippen molar-refractivity contribution in [2.45, 2.75) is 6.42 Å². The van der Waals surface area contributed by atoms with Gasteiger partial charge in [0, 0.05) is 22.7 Å². The number of benzene rings is 1. The molecule has 0 aromatic heterocycles. The van der Waals surface area contributed by atoms with Gasteiger partial charge in [-0.15, -0.1) is 0 Å². The van der Waals surface area contributed by atoms with Crippen molar-refractivity contribution < 1.29 is 14.3 Å². The molecule has 0 amide bonds. The summed E-state index contributed by atoms with van der Waals surface area (Å²) in [6.07, 6.45) is 0.948. The van der Waals surface area contributed by atoms with Crippen LogP contribution >= 0.6 is 15.9 Å². The van der Waals surface area contributed by atoms with Crippen molar-refractivity contribution in [2.75, 3.05) is 25.6 Å². The third-order valence-electron chi connectivity index (χ3n) is 2.71. The summed E-state index contributed by atoms with van der Waals surface area (Å²) in [7, 11) is 0. The van der Waals surface area contributed by atoms with E-state index in [2.05, 4.69) is 15.9 Å². The summed E-state index contributed by atoms with van der Waals surface area (Å²) in [5.41, 5.74) is 6.58. The van der Waals surface area contributed by atoms with Gasteiger partial charge in [0.05, 0.1) is 18.8 Å². The Morgan fingerprint density at radius 2 is 2.41 bits per heavy atom. The Labute approximate surface area is 108 Å². The number of rotatable bonds is 3. The van der Waals surface area contributed by atoms with Crippen LogP contribution in [0.15, 0.2) is 22.7 Å². The van der Waals surface area contributed by atoms with Gasteiger partial charge in [0.2, 0.25) is 0 Å². The molecular formula is C12H14BrNO3. The lowest BCUT2D eigenvalue weighted by Crippen LogP contribution is -2.15. The number of carbonyl (C=O) groups excluding carboxylic acids is 1. The summed E-state index contributed by atoms with van der Waals surface area (Å²) in [4.78, 5) is 11.8. The zero-order valence-electron chi connectivity index (χ0n) is 9.32. The fourth-order valence-corrected chi connectivity index (χ4v) is 2.08. The van der Waals surface area contributed by atoms with Crippen molar-refractivity contribution in [1.82, 2.24) is 0 Å². The fraction of sp³-hybridized carbons (Fsp3) is 0.417. The molecule has 5 heteroatoms. The van der Waals surface area contributed by atoms with Gasteiger partial charge in [-0.05, 0) is 24.6 Å². The molecule has 1 heterocycles. The smallest absolute Gasteiger partial charge is 0.340 e. The van der Waals surface area contributed by atoms with E-state index in [0.717, 1.165) is 17.5 Å². The van der Waals surface area contributed by atoms with Crippen LogP contribution in [0.5, 0.6) is 0 Å². The van der Waals surface area contributed by atoms with E-state index < -0.39 is 0 Å². The minimum absolute atomic E-state index is 0.315. The van der Waals surface area contributed by atoms with Crippen LogP contribution in [0.2, 0.25) is 0 Å². The molecule has 0 radical (unpaired) electrons. The first-order valence-corrected chi connectivity index (χ1v) is 6.26. The SMILES string of the molecule is Nc1cc(Br)ccc1C(=O)OCC1CCOC1. The Bertz CT molecular complexity index is 416. The molecule has 1 aromatic rings. The summed E-state index contributed by atoms with van der Waals surface area (Å²) in [6, 6.07) is 5.12. The highest BCUT2D eigenvalue weighted by molar-refractivity contribution is 9.10. The van der Waals surface area contributed by atoms with E-state index >= 15 is 0 Å². The predicted octanol–water partition coefficient (Wildman–Crippen LogP) is 2.22. The summed E-state index contributed by atoms with van der Waals surface area (Å²) < 4.78 is 11.3. The molecule has 1 aliphatic rings.